The van der Waals surface area contributed by atoms with E-state index < -0.39 is 0 Å². The number of hydrogen-bond donors (Lipinski definition) is 1. The van der Waals surface area contributed by atoms with Gasteiger partial charge in [-0.15, -0.1) is 24.5 Å². The first-order valence-electron chi connectivity index (χ1n) is 19.2. The number of benzene rings is 5. The third-order valence-electron chi connectivity index (χ3n) is 9.75. The molecule has 0 saturated carbocycles. The fraction of sp³-hybridized carbons (Fsp3) is 0.0962. The van der Waals surface area contributed by atoms with Gasteiger partial charge in [0.1, 0.15) is 0 Å². The minimum Gasteiger partial charge on any atom is -0.346 e. The summed E-state index contributed by atoms with van der Waals surface area (Å²) in [5.41, 5.74) is 8.97. The van der Waals surface area contributed by atoms with Crippen LogP contribution in [0.2, 0.25) is 0 Å². The van der Waals surface area contributed by atoms with Gasteiger partial charge in [-0.3, -0.25) is 4.57 Å². The molecule has 4 heterocycles. The second-order valence-electron chi connectivity index (χ2n) is 13.1. The number of thiophene rings is 1. The Hall–Kier alpha value is -6.69. The number of nitrogens with one attached hydrogen (secondary N) is 1. The zero-order valence-electron chi connectivity index (χ0n) is 33.3. The number of anilines is 1. The molecule has 0 bridgehead atoms. The molecule has 9 rings (SSSR count). The van der Waals surface area contributed by atoms with E-state index in [0.717, 1.165) is 33.7 Å². The van der Waals surface area contributed by atoms with Crippen LogP contribution in [0.1, 0.15) is 45.1 Å². The molecule has 1 aliphatic rings. The van der Waals surface area contributed by atoms with Crippen molar-refractivity contribution < 1.29 is 0 Å². The summed E-state index contributed by atoms with van der Waals surface area (Å²) in [4.78, 5) is 5.50. The average molecular weight is 763 g/mol. The van der Waals surface area contributed by atoms with E-state index in [-0.39, 0.29) is 6.29 Å². The van der Waals surface area contributed by atoms with Crippen LogP contribution in [-0.4, -0.2) is 14.8 Å². The quantitative estimate of drug-likeness (QED) is 0.137. The minimum absolute atomic E-state index is 0.354. The topological polar surface area (TPSA) is 34.2 Å². The highest BCUT2D eigenvalue weighted by molar-refractivity contribution is 7.18. The van der Waals surface area contributed by atoms with Crippen molar-refractivity contribution in [1.82, 2.24) is 9.13 Å². The Kier molecular flexibility index (Phi) is 13.2. The SMILES string of the molecule is C/C=C\C.C=C.C=C/C=C\C.C=C/C=c1\c(=C/C)sc2c1ccc1c3cc4c(ccn4-c4ccccc4)cc3n(C3N=C(c4ccccc4)c4ccccc4N3)c12. The molecular weight excluding hydrogens is 713 g/mol. The zero-order valence-corrected chi connectivity index (χ0v) is 34.1. The van der Waals surface area contributed by atoms with Crippen LogP contribution < -0.4 is 15.1 Å². The van der Waals surface area contributed by atoms with E-state index in [9.17, 15) is 0 Å². The monoisotopic (exact) mass is 762 g/mol. The van der Waals surface area contributed by atoms with Crippen LogP contribution >= 0.6 is 11.3 Å². The van der Waals surface area contributed by atoms with E-state index in [2.05, 4.69) is 181 Å². The van der Waals surface area contributed by atoms with Gasteiger partial charge in [-0.1, -0.05) is 141 Å². The van der Waals surface area contributed by atoms with Gasteiger partial charge in [-0.25, -0.2) is 4.99 Å². The molecule has 5 heteroatoms. The molecule has 57 heavy (non-hydrogen) atoms. The molecule has 0 amide bonds. The van der Waals surface area contributed by atoms with Crippen molar-refractivity contribution in [3.05, 3.63) is 205 Å². The van der Waals surface area contributed by atoms with Crippen molar-refractivity contribution in [3.8, 4) is 5.69 Å². The molecule has 1 atom stereocenters. The van der Waals surface area contributed by atoms with E-state index in [1.54, 1.807) is 6.08 Å². The predicted molar refractivity (Wildman–Crippen MR) is 254 cm³/mol. The Bertz CT molecular complexity index is 2880. The number of nitrogens with zero attached hydrogens (tertiary/aromatic N) is 3. The zero-order chi connectivity index (χ0) is 40.3. The maximum Gasteiger partial charge on any atom is 0.201 e. The molecule has 0 spiro atoms. The van der Waals surface area contributed by atoms with E-state index in [4.69, 9.17) is 4.99 Å². The lowest BCUT2D eigenvalue weighted by Gasteiger charge is -2.28. The molecule has 0 fully saturated rings. The van der Waals surface area contributed by atoms with Crippen molar-refractivity contribution in [2.75, 3.05) is 5.32 Å². The van der Waals surface area contributed by atoms with Gasteiger partial charge in [0.05, 0.1) is 27.0 Å². The summed E-state index contributed by atoms with van der Waals surface area (Å²) < 4.78 is 7.21. The van der Waals surface area contributed by atoms with E-state index in [1.165, 1.54) is 47.0 Å². The average Bonchev–Trinajstić information content (AvgIpc) is 3.96. The van der Waals surface area contributed by atoms with Crippen LogP contribution in [0.4, 0.5) is 5.69 Å². The van der Waals surface area contributed by atoms with Crippen molar-refractivity contribution in [2.45, 2.75) is 34.0 Å². The highest BCUT2D eigenvalue weighted by Gasteiger charge is 2.27. The summed E-state index contributed by atoms with van der Waals surface area (Å²) in [5.74, 6) is 0. The number of aromatic nitrogens is 2. The fourth-order valence-corrected chi connectivity index (χ4v) is 8.40. The fourth-order valence-electron chi connectivity index (χ4n) is 7.18. The number of allylic oxidation sites excluding steroid dienone is 6. The molecule has 0 saturated heterocycles. The molecule has 0 aliphatic carbocycles. The van der Waals surface area contributed by atoms with Gasteiger partial charge >= 0.3 is 0 Å². The molecule has 284 valence electrons. The van der Waals surface area contributed by atoms with Crippen molar-refractivity contribution in [3.63, 3.8) is 0 Å². The van der Waals surface area contributed by atoms with Crippen LogP contribution in [0, 0.1) is 0 Å². The van der Waals surface area contributed by atoms with Gasteiger partial charge in [-0.05, 0) is 64.1 Å². The van der Waals surface area contributed by atoms with Gasteiger partial charge in [-0.2, -0.15) is 0 Å². The molecule has 4 nitrogen and oxygen atoms in total. The van der Waals surface area contributed by atoms with Gasteiger partial charge in [0.25, 0.3) is 0 Å². The van der Waals surface area contributed by atoms with Gasteiger partial charge in [0, 0.05) is 60.0 Å². The lowest BCUT2D eigenvalue weighted by molar-refractivity contribution is 0.626. The first kappa shape index (κ1) is 40.0. The number of fused-ring (bicyclic) bond motifs is 7. The Balaban J connectivity index is 0.000000448. The number of hydrogen-bond acceptors (Lipinski definition) is 3. The number of aliphatic imine (C=N–C) groups is 1. The Morgan fingerprint density at radius 3 is 2.04 bits per heavy atom. The third-order valence-corrected chi connectivity index (χ3v) is 11.0. The first-order chi connectivity index (χ1) is 28.1. The smallest absolute Gasteiger partial charge is 0.201 e. The van der Waals surface area contributed by atoms with Gasteiger partial charge in [0.15, 0.2) is 0 Å². The van der Waals surface area contributed by atoms with Gasteiger partial charge < -0.3 is 9.88 Å². The Morgan fingerprint density at radius 1 is 0.702 bits per heavy atom. The summed E-state index contributed by atoms with van der Waals surface area (Å²) >= 11 is 1.84. The summed E-state index contributed by atoms with van der Waals surface area (Å²) in [6, 6.07) is 41.1. The molecule has 5 aromatic carbocycles. The van der Waals surface area contributed by atoms with E-state index in [1.807, 2.05) is 62.5 Å². The number of rotatable bonds is 5. The second-order valence-corrected chi connectivity index (χ2v) is 14.1. The summed E-state index contributed by atoms with van der Waals surface area (Å²) in [7, 11) is 0. The minimum atomic E-state index is -0.354. The molecule has 0 radical (unpaired) electrons. The van der Waals surface area contributed by atoms with Crippen LogP contribution in [0.3, 0.4) is 0 Å². The first-order valence-corrected chi connectivity index (χ1v) is 20.0. The molecule has 8 aromatic rings. The molecule has 1 N–H and O–H groups in total. The van der Waals surface area contributed by atoms with Crippen LogP contribution in [0.15, 0.2) is 189 Å². The maximum absolute atomic E-state index is 5.50. The number of para-hydroxylation sites is 2. The Labute approximate surface area is 340 Å². The normalized spacial score (nSPS) is 14.0. The largest absolute Gasteiger partial charge is 0.346 e. The summed E-state index contributed by atoms with van der Waals surface area (Å²) in [6.07, 6.45) is 17.6. The maximum atomic E-state index is 5.50. The van der Waals surface area contributed by atoms with Crippen molar-refractivity contribution in [1.29, 1.82) is 0 Å². The standard InChI is InChI=1S/C41H30N4S.C5H8.C4H8.C2H4/c1-3-13-29-31-21-20-30-33-25-35-27(22-23-44(35)28-16-9-6-10-17-28)24-36(33)45(39(30)40(31)46-37(29)4-2)41-42-34-19-12-11-18-32(34)38(43-41)26-14-7-5-8-15-26;1-3-5-4-2;1-3-4-2;1-2/h3-25,41-42H,1H2,2H3;3-5H,1H2,2H3;3-4H,1-2H3;1-2H2/b29-13-,37-4+;5-4-;4-3-;. The Morgan fingerprint density at radius 2 is 1.39 bits per heavy atom. The highest BCUT2D eigenvalue weighted by Crippen LogP contribution is 2.41. The molecular formula is C52H50N4S. The van der Waals surface area contributed by atoms with Gasteiger partial charge in [0.2, 0.25) is 6.29 Å². The van der Waals surface area contributed by atoms with Crippen LogP contribution in [0.5, 0.6) is 0 Å². The van der Waals surface area contributed by atoms with Crippen LogP contribution in [-0.2, 0) is 0 Å². The highest BCUT2D eigenvalue weighted by atomic mass is 32.1. The third kappa shape index (κ3) is 7.88. The second kappa shape index (κ2) is 18.8. The lowest BCUT2D eigenvalue weighted by Crippen LogP contribution is -2.24. The van der Waals surface area contributed by atoms with Crippen LogP contribution in [0.25, 0.3) is 60.6 Å². The molecule has 3 aromatic heterocycles. The van der Waals surface area contributed by atoms with E-state index in [0.29, 0.717) is 0 Å². The summed E-state index contributed by atoms with van der Waals surface area (Å²) in [6.45, 7) is 21.6. The summed E-state index contributed by atoms with van der Waals surface area (Å²) in [5, 5.41) is 9.90. The van der Waals surface area contributed by atoms with E-state index >= 15 is 0 Å². The van der Waals surface area contributed by atoms with Crippen molar-refractivity contribution in [2.24, 2.45) is 4.99 Å². The molecule has 1 aliphatic heterocycles. The lowest BCUT2D eigenvalue weighted by atomic mass is 9.99. The molecule has 1 unspecified atom stereocenters. The van der Waals surface area contributed by atoms with Crippen molar-refractivity contribution >= 4 is 77.7 Å². The predicted octanol–water partition coefficient (Wildman–Crippen LogP) is 13.3.